The maximum Gasteiger partial charge on any atom is 0.341 e. The van der Waals surface area contributed by atoms with Crippen molar-refractivity contribution in [2.75, 3.05) is 0 Å². The lowest BCUT2D eigenvalue weighted by molar-refractivity contribution is -0.122. The van der Waals surface area contributed by atoms with Gasteiger partial charge in [0.15, 0.2) is 5.76 Å². The molecule has 128 valence electrons. The number of carboxylic acids is 1. The molecular weight excluding hydrogens is 315 g/mol. The zero-order valence-electron chi connectivity index (χ0n) is 13.7. The molecule has 0 aliphatic heterocycles. The number of nitrogens with zero attached hydrogens (tertiary/aromatic N) is 1. The number of rotatable bonds is 6. The summed E-state index contributed by atoms with van der Waals surface area (Å²) in [5.41, 5.74) is 0.380. The van der Waals surface area contributed by atoms with Crippen molar-refractivity contribution < 1.29 is 23.6 Å². The van der Waals surface area contributed by atoms with E-state index in [9.17, 15) is 19.1 Å². The first-order valence-electron chi connectivity index (χ1n) is 7.57. The van der Waals surface area contributed by atoms with Crippen LogP contribution in [0.5, 0.6) is 0 Å². The third-order valence-corrected chi connectivity index (χ3v) is 3.41. The second-order valence-corrected chi connectivity index (χ2v) is 5.97. The summed E-state index contributed by atoms with van der Waals surface area (Å²) in [6.07, 6.45) is 0.325. The monoisotopic (exact) mass is 334 g/mol. The fourth-order valence-corrected chi connectivity index (χ4v) is 2.35. The predicted octanol–water partition coefficient (Wildman–Crippen LogP) is 3.40. The van der Waals surface area contributed by atoms with Crippen molar-refractivity contribution in [2.45, 2.75) is 33.2 Å². The molecule has 2 N–H and O–H groups in total. The Hall–Kier alpha value is -2.70. The summed E-state index contributed by atoms with van der Waals surface area (Å²) in [6.45, 7) is 5.45. The minimum atomic E-state index is -1.23. The van der Waals surface area contributed by atoms with E-state index >= 15 is 0 Å². The molecular formula is C17H19FN2O4. The van der Waals surface area contributed by atoms with Crippen LogP contribution < -0.4 is 5.32 Å². The molecule has 0 aliphatic rings. The molecule has 0 aliphatic carbocycles. The average molecular weight is 334 g/mol. The molecule has 0 fully saturated rings. The molecule has 2 aromatic rings. The van der Waals surface area contributed by atoms with Gasteiger partial charge in [0.1, 0.15) is 17.1 Å². The highest BCUT2D eigenvalue weighted by molar-refractivity contribution is 5.96. The van der Waals surface area contributed by atoms with Gasteiger partial charge in [0, 0.05) is 12.0 Å². The number of aromatic nitrogens is 1. The van der Waals surface area contributed by atoms with E-state index in [-0.39, 0.29) is 28.8 Å². The first-order valence-corrected chi connectivity index (χ1v) is 7.57. The van der Waals surface area contributed by atoms with E-state index in [1.807, 2.05) is 13.8 Å². The second kappa shape index (κ2) is 7.25. The minimum absolute atomic E-state index is 0.0546. The van der Waals surface area contributed by atoms with Crippen molar-refractivity contribution in [2.24, 2.45) is 5.92 Å². The molecule has 1 aromatic heterocycles. The Labute approximate surface area is 138 Å². The summed E-state index contributed by atoms with van der Waals surface area (Å²) >= 11 is 0. The third-order valence-electron chi connectivity index (χ3n) is 3.41. The summed E-state index contributed by atoms with van der Waals surface area (Å²) in [5.74, 6) is -1.63. The molecule has 6 nitrogen and oxygen atoms in total. The maximum absolute atomic E-state index is 13.0. The Bertz CT molecular complexity index is 738. The number of carboxylic acid groups (broad SMARTS) is 1. The summed E-state index contributed by atoms with van der Waals surface area (Å²) in [7, 11) is 0. The summed E-state index contributed by atoms with van der Waals surface area (Å²) in [5, 5.41) is 16.0. The van der Waals surface area contributed by atoms with E-state index in [0.717, 1.165) is 0 Å². The molecule has 1 amide bonds. The number of amides is 1. The Kier molecular flexibility index (Phi) is 5.33. The highest BCUT2D eigenvalue weighted by Crippen LogP contribution is 2.29. The van der Waals surface area contributed by atoms with Crippen LogP contribution in [0.1, 0.15) is 49.4 Å². The van der Waals surface area contributed by atoms with Gasteiger partial charge in [0.25, 0.3) is 0 Å². The number of aromatic carboxylic acids is 1. The topological polar surface area (TPSA) is 92.4 Å². The van der Waals surface area contributed by atoms with Crippen LogP contribution >= 0.6 is 0 Å². The van der Waals surface area contributed by atoms with Crippen LogP contribution in [-0.4, -0.2) is 22.1 Å². The number of halogens is 1. The number of benzene rings is 1. The molecule has 24 heavy (non-hydrogen) atoms. The number of carbonyl (C=O) groups is 2. The molecule has 0 saturated heterocycles. The molecule has 1 aromatic carbocycles. The molecule has 1 heterocycles. The van der Waals surface area contributed by atoms with Crippen LogP contribution in [-0.2, 0) is 4.79 Å². The summed E-state index contributed by atoms with van der Waals surface area (Å²) in [4.78, 5) is 23.5. The standard InChI is InChI=1S/C17H19FN2O4/c1-9(2)8-13(21)19-10(3)16-14(17(22)23)15(20-24-16)11-4-6-12(18)7-5-11/h4-7,9-10H,8H2,1-3H3,(H,19,21)(H,22,23)/t10-/m1/s1. The lowest BCUT2D eigenvalue weighted by Crippen LogP contribution is -2.28. The van der Waals surface area contributed by atoms with Gasteiger partial charge in [0.2, 0.25) is 5.91 Å². The first kappa shape index (κ1) is 17.7. The SMILES string of the molecule is CC(C)CC(=O)N[C@H](C)c1onc(-c2ccc(F)cc2)c1C(=O)O. The fraction of sp³-hybridized carbons (Fsp3) is 0.353. The molecule has 0 bridgehead atoms. The van der Waals surface area contributed by atoms with Gasteiger partial charge in [0.05, 0.1) is 6.04 Å². The van der Waals surface area contributed by atoms with E-state index in [2.05, 4.69) is 10.5 Å². The van der Waals surface area contributed by atoms with E-state index in [0.29, 0.717) is 12.0 Å². The Balaban J connectivity index is 2.33. The van der Waals surface area contributed by atoms with E-state index in [1.165, 1.54) is 24.3 Å². The molecule has 0 radical (unpaired) electrons. The van der Waals surface area contributed by atoms with Crippen LogP contribution in [0.2, 0.25) is 0 Å². The molecule has 1 atom stereocenters. The van der Waals surface area contributed by atoms with Gasteiger partial charge in [-0.25, -0.2) is 9.18 Å². The Morgan fingerprint density at radius 2 is 1.88 bits per heavy atom. The normalized spacial score (nSPS) is 12.2. The second-order valence-electron chi connectivity index (χ2n) is 5.97. The highest BCUT2D eigenvalue weighted by Gasteiger charge is 2.28. The Morgan fingerprint density at radius 3 is 2.42 bits per heavy atom. The summed E-state index contributed by atoms with van der Waals surface area (Å²) in [6, 6.07) is 4.62. The largest absolute Gasteiger partial charge is 0.477 e. The van der Waals surface area contributed by atoms with Crippen molar-refractivity contribution in [3.05, 3.63) is 41.4 Å². The van der Waals surface area contributed by atoms with Gasteiger partial charge in [-0.1, -0.05) is 19.0 Å². The van der Waals surface area contributed by atoms with Crippen LogP contribution in [0.3, 0.4) is 0 Å². The molecule has 2 rings (SSSR count). The maximum atomic E-state index is 13.0. The van der Waals surface area contributed by atoms with Gasteiger partial charge >= 0.3 is 5.97 Å². The van der Waals surface area contributed by atoms with Crippen LogP contribution in [0.4, 0.5) is 4.39 Å². The van der Waals surface area contributed by atoms with Crippen molar-refractivity contribution >= 4 is 11.9 Å². The van der Waals surface area contributed by atoms with Gasteiger partial charge < -0.3 is 14.9 Å². The van der Waals surface area contributed by atoms with Gasteiger partial charge in [-0.3, -0.25) is 4.79 Å². The van der Waals surface area contributed by atoms with Crippen molar-refractivity contribution in [1.29, 1.82) is 0 Å². The van der Waals surface area contributed by atoms with E-state index in [1.54, 1.807) is 6.92 Å². The van der Waals surface area contributed by atoms with Gasteiger partial charge in [-0.2, -0.15) is 0 Å². The number of carbonyl (C=O) groups excluding carboxylic acids is 1. The predicted molar refractivity (Wildman–Crippen MR) is 84.9 cm³/mol. The third kappa shape index (κ3) is 3.98. The first-order chi connectivity index (χ1) is 11.3. The molecule has 0 unspecified atom stereocenters. The fourth-order valence-electron chi connectivity index (χ4n) is 2.35. The number of nitrogens with one attached hydrogen (secondary N) is 1. The number of hydrogen-bond acceptors (Lipinski definition) is 4. The smallest absolute Gasteiger partial charge is 0.341 e. The van der Waals surface area contributed by atoms with Crippen LogP contribution in [0.25, 0.3) is 11.3 Å². The minimum Gasteiger partial charge on any atom is -0.477 e. The van der Waals surface area contributed by atoms with Crippen LogP contribution in [0.15, 0.2) is 28.8 Å². The zero-order chi connectivity index (χ0) is 17.9. The molecule has 0 saturated carbocycles. The molecule has 0 spiro atoms. The van der Waals surface area contributed by atoms with E-state index < -0.39 is 17.8 Å². The quantitative estimate of drug-likeness (QED) is 0.844. The van der Waals surface area contributed by atoms with Gasteiger partial charge in [-0.05, 0) is 37.1 Å². The highest BCUT2D eigenvalue weighted by atomic mass is 19.1. The Morgan fingerprint density at radius 1 is 1.25 bits per heavy atom. The van der Waals surface area contributed by atoms with Gasteiger partial charge in [-0.15, -0.1) is 0 Å². The lowest BCUT2D eigenvalue weighted by Gasteiger charge is -2.13. The van der Waals surface area contributed by atoms with Crippen molar-refractivity contribution in [1.82, 2.24) is 10.5 Å². The van der Waals surface area contributed by atoms with E-state index in [4.69, 9.17) is 4.52 Å². The average Bonchev–Trinajstić information content (AvgIpc) is 2.92. The van der Waals surface area contributed by atoms with Crippen LogP contribution in [0, 0.1) is 11.7 Å². The molecule has 7 heteroatoms. The van der Waals surface area contributed by atoms with Crippen molar-refractivity contribution in [3.63, 3.8) is 0 Å². The summed E-state index contributed by atoms with van der Waals surface area (Å²) < 4.78 is 18.2. The van der Waals surface area contributed by atoms with Crippen molar-refractivity contribution in [3.8, 4) is 11.3 Å². The lowest BCUT2D eigenvalue weighted by atomic mass is 10.0. The zero-order valence-corrected chi connectivity index (χ0v) is 13.7. The number of hydrogen-bond donors (Lipinski definition) is 2.